The molecule has 9 heteroatoms. The van der Waals surface area contributed by atoms with Crippen molar-refractivity contribution < 1.29 is 14.3 Å². The van der Waals surface area contributed by atoms with Crippen LogP contribution in [0, 0.1) is 5.92 Å². The molecule has 1 fully saturated rings. The first-order valence-electron chi connectivity index (χ1n) is 10.5. The number of aromatic amines is 1. The Balaban J connectivity index is 2.18. The number of hydrogen-bond donors (Lipinski definition) is 2. The third-order valence-electron chi connectivity index (χ3n) is 5.25. The molecule has 0 aromatic carbocycles. The third-order valence-corrected chi connectivity index (χ3v) is 5.25. The summed E-state index contributed by atoms with van der Waals surface area (Å²) in [5.41, 5.74) is 4.69. The number of hydrogen-bond acceptors (Lipinski definition) is 6. The van der Waals surface area contributed by atoms with Crippen molar-refractivity contribution >= 4 is 23.4 Å². The third kappa shape index (κ3) is 5.95. The molecular weight excluding hydrogens is 376 g/mol. The van der Waals surface area contributed by atoms with Crippen LogP contribution in [0.1, 0.15) is 65.2 Å². The number of amides is 1. The standard InChI is InChI=1S/C20H32N4O5/c1-3-5-11-23(15(25)13-29-16(26)12-14-8-6-7-9-14)17-18(21)24(10-4-2)20(28)22-19(17)27/h14H,3-13,21H2,1-2H3,(H,22,27,28). The van der Waals surface area contributed by atoms with Crippen LogP contribution in [0.15, 0.2) is 9.59 Å². The molecule has 0 unspecified atom stereocenters. The van der Waals surface area contributed by atoms with Gasteiger partial charge in [0.2, 0.25) is 0 Å². The summed E-state index contributed by atoms with van der Waals surface area (Å²) in [5, 5.41) is 0. The summed E-state index contributed by atoms with van der Waals surface area (Å²) < 4.78 is 6.42. The Labute approximate surface area is 170 Å². The molecule has 1 saturated carbocycles. The summed E-state index contributed by atoms with van der Waals surface area (Å²) in [6, 6.07) is 0. The Morgan fingerprint density at radius 3 is 2.52 bits per heavy atom. The molecule has 0 radical (unpaired) electrons. The fraction of sp³-hybridized carbons (Fsp3) is 0.700. The van der Waals surface area contributed by atoms with Crippen molar-refractivity contribution in [2.45, 2.75) is 71.8 Å². The quantitative estimate of drug-likeness (QED) is 0.568. The predicted molar refractivity (Wildman–Crippen MR) is 111 cm³/mol. The van der Waals surface area contributed by atoms with E-state index < -0.39 is 29.7 Å². The number of aromatic nitrogens is 2. The van der Waals surface area contributed by atoms with Gasteiger partial charge in [-0.25, -0.2) is 4.79 Å². The summed E-state index contributed by atoms with van der Waals surface area (Å²) >= 11 is 0. The molecule has 1 aliphatic rings. The van der Waals surface area contributed by atoms with Crippen molar-refractivity contribution in [3.05, 3.63) is 20.8 Å². The van der Waals surface area contributed by atoms with E-state index in [9.17, 15) is 19.2 Å². The number of esters is 1. The van der Waals surface area contributed by atoms with Crippen LogP contribution in [0.5, 0.6) is 0 Å². The van der Waals surface area contributed by atoms with Crippen molar-refractivity contribution in [3.8, 4) is 0 Å². The second-order valence-corrected chi connectivity index (χ2v) is 7.56. The number of nitrogens with zero attached hydrogens (tertiary/aromatic N) is 2. The van der Waals surface area contributed by atoms with Crippen LogP contribution in [-0.2, 0) is 20.9 Å². The van der Waals surface area contributed by atoms with Crippen LogP contribution in [0.3, 0.4) is 0 Å². The summed E-state index contributed by atoms with van der Waals surface area (Å²) in [4.78, 5) is 52.8. The average molecular weight is 408 g/mol. The maximum Gasteiger partial charge on any atom is 0.330 e. The van der Waals surface area contributed by atoms with Gasteiger partial charge in [-0.1, -0.05) is 33.1 Å². The average Bonchev–Trinajstić information content (AvgIpc) is 3.18. The van der Waals surface area contributed by atoms with Crippen molar-refractivity contribution in [3.63, 3.8) is 0 Å². The first-order valence-corrected chi connectivity index (χ1v) is 10.5. The first-order chi connectivity index (χ1) is 13.9. The maximum atomic E-state index is 12.8. The van der Waals surface area contributed by atoms with Gasteiger partial charge in [0.25, 0.3) is 11.5 Å². The van der Waals surface area contributed by atoms with Crippen LogP contribution in [0.4, 0.5) is 11.5 Å². The van der Waals surface area contributed by atoms with E-state index in [1.807, 2.05) is 13.8 Å². The number of carbonyl (C=O) groups excluding carboxylic acids is 2. The molecule has 0 spiro atoms. The van der Waals surface area contributed by atoms with Gasteiger partial charge in [-0.15, -0.1) is 0 Å². The zero-order valence-electron chi connectivity index (χ0n) is 17.4. The summed E-state index contributed by atoms with van der Waals surface area (Å²) in [7, 11) is 0. The number of unbranched alkanes of at least 4 members (excludes halogenated alkanes) is 1. The highest BCUT2D eigenvalue weighted by atomic mass is 16.5. The highest BCUT2D eigenvalue weighted by molar-refractivity contribution is 5.97. The van der Waals surface area contributed by atoms with E-state index in [0.29, 0.717) is 31.7 Å². The Hall–Kier alpha value is -2.58. The lowest BCUT2D eigenvalue weighted by Crippen LogP contribution is -2.43. The van der Waals surface area contributed by atoms with Crippen LogP contribution < -0.4 is 21.9 Å². The van der Waals surface area contributed by atoms with E-state index >= 15 is 0 Å². The van der Waals surface area contributed by atoms with Gasteiger partial charge in [0.05, 0.1) is 0 Å². The lowest BCUT2D eigenvalue weighted by atomic mass is 10.0. The van der Waals surface area contributed by atoms with Gasteiger partial charge in [-0.05, 0) is 31.6 Å². The maximum absolute atomic E-state index is 12.8. The summed E-state index contributed by atoms with van der Waals surface area (Å²) in [5.74, 6) is -0.664. The predicted octanol–water partition coefficient (Wildman–Crippen LogP) is 1.79. The zero-order valence-corrected chi connectivity index (χ0v) is 17.4. The molecule has 9 nitrogen and oxygen atoms in total. The van der Waals surface area contributed by atoms with E-state index in [1.165, 1.54) is 9.47 Å². The molecule has 3 N–H and O–H groups in total. The van der Waals surface area contributed by atoms with E-state index in [1.54, 1.807) is 0 Å². The minimum Gasteiger partial charge on any atom is -0.456 e. The van der Waals surface area contributed by atoms with Crippen LogP contribution >= 0.6 is 0 Å². The molecule has 1 amide bonds. The van der Waals surface area contributed by atoms with Gasteiger partial charge in [0, 0.05) is 19.5 Å². The monoisotopic (exact) mass is 408 g/mol. The number of nitrogens with one attached hydrogen (secondary N) is 1. The SMILES string of the molecule is CCCCN(C(=O)COC(=O)CC1CCCC1)c1c(N)n(CCC)c(=O)[nH]c1=O. The Bertz CT molecular complexity index is 823. The second-order valence-electron chi connectivity index (χ2n) is 7.56. The Kier molecular flexibility index (Phi) is 8.48. The largest absolute Gasteiger partial charge is 0.456 e. The van der Waals surface area contributed by atoms with Gasteiger partial charge < -0.3 is 15.4 Å². The van der Waals surface area contributed by atoms with Gasteiger partial charge in [-0.2, -0.15) is 0 Å². The number of carbonyl (C=O) groups is 2. The minimum absolute atomic E-state index is 0.0534. The highest BCUT2D eigenvalue weighted by Gasteiger charge is 2.25. The molecule has 0 bridgehead atoms. The lowest BCUT2D eigenvalue weighted by molar-refractivity contribution is -0.148. The first kappa shape index (κ1) is 22.7. The van der Waals surface area contributed by atoms with Crippen LogP contribution in [0.25, 0.3) is 0 Å². The second kappa shape index (κ2) is 10.8. The molecule has 0 atom stereocenters. The molecule has 1 aromatic rings. The lowest BCUT2D eigenvalue weighted by Gasteiger charge is -2.24. The molecule has 2 rings (SSSR count). The van der Waals surface area contributed by atoms with Crippen molar-refractivity contribution in [1.82, 2.24) is 9.55 Å². The normalized spacial score (nSPS) is 14.1. The molecule has 1 aliphatic carbocycles. The van der Waals surface area contributed by atoms with Gasteiger partial charge in [0.15, 0.2) is 12.3 Å². The van der Waals surface area contributed by atoms with Crippen LogP contribution in [-0.4, -0.2) is 34.6 Å². The van der Waals surface area contributed by atoms with Crippen molar-refractivity contribution in [2.75, 3.05) is 23.8 Å². The van der Waals surface area contributed by atoms with Crippen molar-refractivity contribution in [2.24, 2.45) is 5.92 Å². The number of nitrogen functional groups attached to an aromatic ring is 1. The zero-order chi connectivity index (χ0) is 21.4. The highest BCUT2D eigenvalue weighted by Crippen LogP contribution is 2.27. The van der Waals surface area contributed by atoms with E-state index in [2.05, 4.69) is 4.98 Å². The topological polar surface area (TPSA) is 127 Å². The molecular formula is C20H32N4O5. The summed E-state index contributed by atoms with van der Waals surface area (Å²) in [6.45, 7) is 3.94. The fourth-order valence-corrected chi connectivity index (χ4v) is 3.69. The number of nitrogens with two attached hydrogens (primary N) is 1. The van der Waals surface area contributed by atoms with E-state index in [0.717, 1.165) is 32.1 Å². The fourth-order valence-electron chi connectivity index (χ4n) is 3.69. The number of rotatable bonds is 10. The molecule has 0 saturated heterocycles. The summed E-state index contributed by atoms with van der Waals surface area (Å²) in [6.07, 6.45) is 6.64. The molecule has 0 aliphatic heterocycles. The van der Waals surface area contributed by atoms with E-state index in [-0.39, 0.29) is 18.1 Å². The molecule has 162 valence electrons. The molecule has 1 heterocycles. The van der Waals surface area contributed by atoms with Gasteiger partial charge in [0.1, 0.15) is 5.82 Å². The molecule has 1 aromatic heterocycles. The Morgan fingerprint density at radius 1 is 1.21 bits per heavy atom. The van der Waals surface area contributed by atoms with Crippen LogP contribution in [0.2, 0.25) is 0 Å². The number of anilines is 2. The van der Waals surface area contributed by atoms with Crippen molar-refractivity contribution in [1.29, 1.82) is 0 Å². The van der Waals surface area contributed by atoms with Gasteiger partial charge in [-0.3, -0.25) is 23.9 Å². The molecule has 29 heavy (non-hydrogen) atoms. The number of H-pyrrole nitrogens is 1. The van der Waals surface area contributed by atoms with E-state index in [4.69, 9.17) is 10.5 Å². The minimum atomic E-state index is -0.721. The number of ether oxygens (including phenoxy) is 1. The smallest absolute Gasteiger partial charge is 0.330 e. The Morgan fingerprint density at radius 2 is 1.90 bits per heavy atom. The van der Waals surface area contributed by atoms with Gasteiger partial charge >= 0.3 is 11.7 Å².